The van der Waals surface area contributed by atoms with Gasteiger partial charge in [0.2, 0.25) is 5.91 Å². The van der Waals surface area contributed by atoms with Crippen LogP contribution in [0.3, 0.4) is 0 Å². The van der Waals surface area contributed by atoms with Crippen molar-refractivity contribution < 1.29 is 4.79 Å². The largest absolute Gasteiger partial charge is 0.341 e. The van der Waals surface area contributed by atoms with E-state index >= 15 is 0 Å². The molecule has 1 saturated heterocycles. The van der Waals surface area contributed by atoms with E-state index in [1.165, 1.54) is 23.3 Å². The highest BCUT2D eigenvalue weighted by Crippen LogP contribution is 2.45. The van der Waals surface area contributed by atoms with Crippen LogP contribution in [0.2, 0.25) is 0 Å². The summed E-state index contributed by atoms with van der Waals surface area (Å²) in [5.41, 5.74) is 1.17. The van der Waals surface area contributed by atoms with Gasteiger partial charge in [-0.1, -0.05) is 49.2 Å². The van der Waals surface area contributed by atoms with E-state index < -0.39 is 0 Å². The van der Waals surface area contributed by atoms with Crippen molar-refractivity contribution in [3.8, 4) is 0 Å². The Morgan fingerprint density at radius 1 is 1.04 bits per heavy atom. The SMILES string of the molecule is O=C(N1CCS[C@H](c2ccccc2)CC1)C1(c2cccs2)CCCC1. The van der Waals surface area contributed by atoms with E-state index in [1.807, 2.05) is 11.8 Å². The maximum Gasteiger partial charge on any atom is 0.234 e. The second kappa shape index (κ2) is 7.55. The summed E-state index contributed by atoms with van der Waals surface area (Å²) in [5.74, 6) is 1.42. The molecule has 2 aliphatic rings. The smallest absolute Gasteiger partial charge is 0.234 e. The molecule has 0 radical (unpaired) electrons. The second-order valence-electron chi connectivity index (χ2n) is 7.12. The summed E-state index contributed by atoms with van der Waals surface area (Å²) >= 11 is 3.77. The van der Waals surface area contributed by atoms with Crippen molar-refractivity contribution in [2.45, 2.75) is 42.8 Å². The maximum absolute atomic E-state index is 13.5. The number of carbonyl (C=O) groups is 1. The first kappa shape index (κ1) is 17.2. The fraction of sp³-hybridized carbons (Fsp3) is 0.476. The molecule has 0 spiro atoms. The molecule has 1 aromatic heterocycles. The summed E-state index contributed by atoms with van der Waals surface area (Å²) in [4.78, 5) is 17.0. The summed E-state index contributed by atoms with van der Waals surface area (Å²) in [6.45, 7) is 1.78. The zero-order chi connectivity index (χ0) is 17.1. The molecule has 2 nitrogen and oxygen atoms in total. The number of nitrogens with zero attached hydrogens (tertiary/aromatic N) is 1. The Bertz CT molecular complexity index is 692. The summed E-state index contributed by atoms with van der Waals surface area (Å²) < 4.78 is 0. The van der Waals surface area contributed by atoms with Gasteiger partial charge in [-0.15, -0.1) is 11.3 Å². The molecule has 1 amide bonds. The van der Waals surface area contributed by atoms with Gasteiger partial charge in [0.05, 0.1) is 5.41 Å². The van der Waals surface area contributed by atoms with E-state index in [2.05, 4.69) is 52.7 Å². The average molecular weight is 372 g/mol. The molecule has 1 aliphatic carbocycles. The van der Waals surface area contributed by atoms with E-state index in [0.717, 1.165) is 38.1 Å². The van der Waals surface area contributed by atoms with Crippen molar-refractivity contribution in [3.63, 3.8) is 0 Å². The van der Waals surface area contributed by atoms with Crippen LogP contribution in [0.4, 0.5) is 0 Å². The summed E-state index contributed by atoms with van der Waals surface area (Å²) in [5, 5.41) is 2.63. The van der Waals surface area contributed by atoms with Crippen LogP contribution in [-0.2, 0) is 10.2 Å². The maximum atomic E-state index is 13.5. The highest BCUT2D eigenvalue weighted by atomic mass is 32.2. The first-order valence-electron chi connectivity index (χ1n) is 9.29. The highest BCUT2D eigenvalue weighted by molar-refractivity contribution is 7.99. The first-order valence-corrected chi connectivity index (χ1v) is 11.2. The lowest BCUT2D eigenvalue weighted by atomic mass is 9.82. The normalized spacial score (nSPS) is 23.4. The quantitative estimate of drug-likeness (QED) is 0.733. The van der Waals surface area contributed by atoms with Crippen molar-refractivity contribution >= 4 is 29.0 Å². The highest BCUT2D eigenvalue weighted by Gasteiger charge is 2.45. The monoisotopic (exact) mass is 371 g/mol. The van der Waals surface area contributed by atoms with Crippen molar-refractivity contribution in [1.29, 1.82) is 0 Å². The zero-order valence-electron chi connectivity index (χ0n) is 14.5. The van der Waals surface area contributed by atoms with Gasteiger partial charge in [0.1, 0.15) is 0 Å². The van der Waals surface area contributed by atoms with Gasteiger partial charge in [0.25, 0.3) is 0 Å². The fourth-order valence-corrected chi connectivity index (χ4v) is 6.51. The number of hydrogen-bond donors (Lipinski definition) is 0. The molecule has 2 aromatic rings. The van der Waals surface area contributed by atoms with Gasteiger partial charge in [-0.2, -0.15) is 11.8 Å². The number of carbonyl (C=O) groups excluding carboxylic acids is 1. The van der Waals surface area contributed by atoms with Crippen LogP contribution in [0.1, 0.15) is 47.8 Å². The van der Waals surface area contributed by atoms with Crippen molar-refractivity contribution in [2.24, 2.45) is 0 Å². The minimum atomic E-state index is -0.231. The number of benzene rings is 1. The van der Waals surface area contributed by atoms with Crippen molar-refractivity contribution in [3.05, 3.63) is 58.3 Å². The third kappa shape index (κ3) is 3.39. The Balaban J connectivity index is 1.51. The number of hydrogen-bond acceptors (Lipinski definition) is 3. The molecule has 132 valence electrons. The summed E-state index contributed by atoms with van der Waals surface area (Å²) in [7, 11) is 0. The van der Waals surface area contributed by atoms with Crippen molar-refractivity contribution in [2.75, 3.05) is 18.8 Å². The molecule has 2 fully saturated rings. The first-order chi connectivity index (χ1) is 12.3. The molecule has 4 rings (SSSR count). The van der Waals surface area contributed by atoms with Crippen LogP contribution in [0.25, 0.3) is 0 Å². The Kier molecular flexibility index (Phi) is 5.18. The average Bonchev–Trinajstić information content (AvgIpc) is 3.30. The lowest BCUT2D eigenvalue weighted by Crippen LogP contribution is -2.46. The third-order valence-electron chi connectivity index (χ3n) is 5.66. The van der Waals surface area contributed by atoms with Gasteiger partial charge in [-0.05, 0) is 36.3 Å². The minimum absolute atomic E-state index is 0.231. The van der Waals surface area contributed by atoms with Gasteiger partial charge < -0.3 is 4.90 Å². The van der Waals surface area contributed by atoms with Gasteiger partial charge in [0, 0.05) is 29.0 Å². The molecule has 2 heterocycles. The molecule has 0 N–H and O–H groups in total. The van der Waals surface area contributed by atoms with E-state index in [9.17, 15) is 4.79 Å². The molecule has 4 heteroatoms. The second-order valence-corrected chi connectivity index (χ2v) is 9.38. The Labute approximate surface area is 158 Å². The minimum Gasteiger partial charge on any atom is -0.341 e. The molecular formula is C21H25NOS2. The van der Waals surface area contributed by atoms with Crippen LogP contribution in [0.15, 0.2) is 47.8 Å². The van der Waals surface area contributed by atoms with Gasteiger partial charge >= 0.3 is 0 Å². The fourth-order valence-electron chi connectivity index (χ4n) is 4.30. The van der Waals surface area contributed by atoms with Gasteiger partial charge in [0.15, 0.2) is 0 Å². The predicted molar refractivity (Wildman–Crippen MR) is 107 cm³/mol. The van der Waals surface area contributed by atoms with E-state index in [-0.39, 0.29) is 5.41 Å². The van der Waals surface area contributed by atoms with Crippen LogP contribution in [0, 0.1) is 0 Å². The molecule has 1 saturated carbocycles. The summed E-state index contributed by atoms with van der Waals surface area (Å²) in [6, 6.07) is 15.0. The Morgan fingerprint density at radius 2 is 1.84 bits per heavy atom. The molecule has 0 bridgehead atoms. The van der Waals surface area contributed by atoms with Crippen LogP contribution >= 0.6 is 23.1 Å². The molecule has 1 aliphatic heterocycles. The number of thiophene rings is 1. The molecule has 1 atom stereocenters. The van der Waals surface area contributed by atoms with Crippen LogP contribution < -0.4 is 0 Å². The van der Waals surface area contributed by atoms with Crippen LogP contribution in [-0.4, -0.2) is 29.6 Å². The van der Waals surface area contributed by atoms with E-state index in [0.29, 0.717) is 11.2 Å². The standard InChI is InChI=1S/C21H25NOS2/c23-20(21(11-4-5-12-21)19-9-6-15-25-19)22-13-10-18(24-16-14-22)17-7-2-1-3-8-17/h1-3,6-9,15,18H,4-5,10-14,16H2/t18-/m0/s1. The van der Waals surface area contributed by atoms with Gasteiger partial charge in [-0.3, -0.25) is 4.79 Å². The number of amides is 1. The molecule has 0 unspecified atom stereocenters. The van der Waals surface area contributed by atoms with E-state index in [1.54, 1.807) is 11.3 Å². The number of thioether (sulfide) groups is 1. The molecular weight excluding hydrogens is 346 g/mol. The molecule has 25 heavy (non-hydrogen) atoms. The van der Waals surface area contributed by atoms with Crippen molar-refractivity contribution in [1.82, 2.24) is 4.90 Å². The Hall–Kier alpha value is -1.26. The Morgan fingerprint density at radius 3 is 2.56 bits per heavy atom. The van der Waals surface area contributed by atoms with Crippen LogP contribution in [0.5, 0.6) is 0 Å². The van der Waals surface area contributed by atoms with Gasteiger partial charge in [-0.25, -0.2) is 0 Å². The van der Waals surface area contributed by atoms with E-state index in [4.69, 9.17) is 0 Å². The number of rotatable bonds is 3. The molecule has 1 aromatic carbocycles. The lowest BCUT2D eigenvalue weighted by molar-refractivity contribution is -0.137. The topological polar surface area (TPSA) is 20.3 Å². The summed E-state index contributed by atoms with van der Waals surface area (Å²) in [6.07, 6.45) is 5.47. The zero-order valence-corrected chi connectivity index (χ0v) is 16.2. The third-order valence-corrected chi connectivity index (χ3v) is 8.06. The predicted octanol–water partition coefficient (Wildman–Crippen LogP) is 5.27. The lowest BCUT2D eigenvalue weighted by Gasteiger charge is -2.33.